The van der Waals surface area contributed by atoms with Gasteiger partial charge in [0.05, 0.1) is 0 Å². The van der Waals surface area contributed by atoms with Crippen LogP contribution in [-0.2, 0) is 6.42 Å². The molecule has 3 N–H and O–H groups in total. The molecule has 0 aliphatic heterocycles. The fourth-order valence-electron chi connectivity index (χ4n) is 1.32. The maximum atomic E-state index is 5.93. The average molecular weight is 178 g/mol. The highest BCUT2D eigenvalue weighted by atomic mass is 14.9. The number of nitrogens with two attached hydrogens (primary N) is 1. The summed E-state index contributed by atoms with van der Waals surface area (Å²) in [6.07, 6.45) is 0.952. The van der Waals surface area contributed by atoms with Crippen LogP contribution in [0.5, 0.6) is 0 Å². The topological polar surface area (TPSA) is 38.0 Å². The maximum Gasteiger partial charge on any atom is 0.0206 e. The Morgan fingerprint density at radius 2 is 2.00 bits per heavy atom. The number of nitrogens with one attached hydrogen (secondary N) is 1. The van der Waals surface area contributed by atoms with Crippen LogP contribution in [0.4, 0.5) is 0 Å². The van der Waals surface area contributed by atoms with Crippen molar-refractivity contribution in [2.24, 2.45) is 5.73 Å². The summed E-state index contributed by atoms with van der Waals surface area (Å²) in [6.45, 7) is 3.98. The van der Waals surface area contributed by atoms with Gasteiger partial charge in [-0.3, -0.25) is 0 Å². The first-order valence-electron chi connectivity index (χ1n) is 4.83. The molecule has 0 saturated heterocycles. The zero-order valence-corrected chi connectivity index (χ0v) is 8.16. The van der Waals surface area contributed by atoms with Gasteiger partial charge in [0.2, 0.25) is 0 Å². The SMILES string of the molecule is CCNCC(N)Cc1ccccc1. The second-order valence-electron chi connectivity index (χ2n) is 3.26. The minimum absolute atomic E-state index is 0.224. The highest BCUT2D eigenvalue weighted by Gasteiger charge is 2.01. The number of likely N-dealkylation sites (N-methyl/N-ethyl adjacent to an activating group) is 1. The largest absolute Gasteiger partial charge is 0.326 e. The lowest BCUT2D eigenvalue weighted by Crippen LogP contribution is -2.35. The summed E-state index contributed by atoms with van der Waals surface area (Å²) in [7, 11) is 0. The third-order valence-corrected chi connectivity index (χ3v) is 2.00. The van der Waals surface area contributed by atoms with Crippen LogP contribution < -0.4 is 11.1 Å². The molecule has 0 fully saturated rings. The van der Waals surface area contributed by atoms with E-state index < -0.39 is 0 Å². The number of hydrogen-bond donors (Lipinski definition) is 2. The van der Waals surface area contributed by atoms with E-state index in [1.54, 1.807) is 0 Å². The minimum Gasteiger partial charge on any atom is -0.326 e. The first kappa shape index (κ1) is 10.2. The van der Waals surface area contributed by atoms with Gasteiger partial charge in [0, 0.05) is 12.6 Å². The third kappa shape index (κ3) is 4.06. The molecule has 2 nitrogen and oxygen atoms in total. The van der Waals surface area contributed by atoms with E-state index in [0.29, 0.717) is 0 Å². The molecule has 2 heteroatoms. The molecule has 13 heavy (non-hydrogen) atoms. The highest BCUT2D eigenvalue weighted by Crippen LogP contribution is 2.00. The summed E-state index contributed by atoms with van der Waals surface area (Å²) in [5.74, 6) is 0. The third-order valence-electron chi connectivity index (χ3n) is 2.00. The Balaban J connectivity index is 2.32. The molecule has 0 aliphatic rings. The van der Waals surface area contributed by atoms with Gasteiger partial charge in [0.25, 0.3) is 0 Å². The molecule has 0 amide bonds. The van der Waals surface area contributed by atoms with Crippen LogP contribution in [0, 0.1) is 0 Å². The van der Waals surface area contributed by atoms with Crippen LogP contribution in [0.2, 0.25) is 0 Å². The van der Waals surface area contributed by atoms with Gasteiger partial charge in [0.1, 0.15) is 0 Å². The van der Waals surface area contributed by atoms with Crippen molar-refractivity contribution < 1.29 is 0 Å². The first-order valence-corrected chi connectivity index (χ1v) is 4.83. The van der Waals surface area contributed by atoms with E-state index in [-0.39, 0.29) is 6.04 Å². The standard InChI is InChI=1S/C11H18N2/c1-2-13-9-11(12)8-10-6-4-3-5-7-10/h3-7,11,13H,2,8-9,12H2,1H3. The van der Waals surface area contributed by atoms with Crippen LogP contribution in [0.15, 0.2) is 30.3 Å². The van der Waals surface area contributed by atoms with E-state index >= 15 is 0 Å². The van der Waals surface area contributed by atoms with E-state index in [9.17, 15) is 0 Å². The lowest BCUT2D eigenvalue weighted by molar-refractivity contribution is 0.587. The van der Waals surface area contributed by atoms with Gasteiger partial charge in [-0.15, -0.1) is 0 Å². The predicted octanol–water partition coefficient (Wildman–Crippen LogP) is 1.17. The Morgan fingerprint density at radius 3 is 2.62 bits per heavy atom. The Kier molecular flexibility index (Phi) is 4.50. The van der Waals surface area contributed by atoms with Crippen LogP contribution in [0.3, 0.4) is 0 Å². The van der Waals surface area contributed by atoms with Gasteiger partial charge in [-0.2, -0.15) is 0 Å². The molecule has 0 bridgehead atoms. The van der Waals surface area contributed by atoms with Crippen LogP contribution >= 0.6 is 0 Å². The number of benzene rings is 1. The first-order chi connectivity index (χ1) is 6.33. The fraction of sp³-hybridized carbons (Fsp3) is 0.455. The normalized spacial score (nSPS) is 12.8. The lowest BCUT2D eigenvalue weighted by atomic mass is 10.1. The Morgan fingerprint density at radius 1 is 1.31 bits per heavy atom. The van der Waals surface area contributed by atoms with Crippen molar-refractivity contribution in [1.82, 2.24) is 5.32 Å². The van der Waals surface area contributed by atoms with Crippen LogP contribution in [-0.4, -0.2) is 19.1 Å². The van der Waals surface area contributed by atoms with Gasteiger partial charge >= 0.3 is 0 Å². The van der Waals surface area contributed by atoms with Crippen molar-refractivity contribution in [3.05, 3.63) is 35.9 Å². The van der Waals surface area contributed by atoms with Gasteiger partial charge in [-0.05, 0) is 18.5 Å². The number of hydrogen-bond acceptors (Lipinski definition) is 2. The lowest BCUT2D eigenvalue weighted by Gasteiger charge is -2.11. The molecular formula is C11H18N2. The van der Waals surface area contributed by atoms with Crippen molar-refractivity contribution in [2.75, 3.05) is 13.1 Å². The van der Waals surface area contributed by atoms with Gasteiger partial charge in [-0.25, -0.2) is 0 Å². The summed E-state index contributed by atoms with van der Waals surface area (Å²) in [4.78, 5) is 0. The Hall–Kier alpha value is -0.860. The van der Waals surface area contributed by atoms with Crippen molar-refractivity contribution in [2.45, 2.75) is 19.4 Å². The highest BCUT2D eigenvalue weighted by molar-refractivity contribution is 5.15. The van der Waals surface area contributed by atoms with Crippen LogP contribution in [0.1, 0.15) is 12.5 Å². The molecule has 1 atom stereocenters. The zero-order chi connectivity index (χ0) is 9.52. The van der Waals surface area contributed by atoms with Crippen molar-refractivity contribution in [3.8, 4) is 0 Å². The quantitative estimate of drug-likeness (QED) is 0.710. The van der Waals surface area contributed by atoms with Gasteiger partial charge in [0.15, 0.2) is 0 Å². The fourth-order valence-corrected chi connectivity index (χ4v) is 1.32. The summed E-state index contributed by atoms with van der Waals surface area (Å²) < 4.78 is 0. The zero-order valence-electron chi connectivity index (χ0n) is 8.16. The summed E-state index contributed by atoms with van der Waals surface area (Å²) in [5, 5.41) is 3.24. The summed E-state index contributed by atoms with van der Waals surface area (Å²) in [6, 6.07) is 10.6. The molecule has 1 aromatic rings. The summed E-state index contributed by atoms with van der Waals surface area (Å²) >= 11 is 0. The van der Waals surface area contributed by atoms with Crippen molar-refractivity contribution >= 4 is 0 Å². The second kappa shape index (κ2) is 5.73. The maximum absolute atomic E-state index is 5.93. The Labute approximate surface area is 80.1 Å². The molecule has 72 valence electrons. The van der Waals surface area contributed by atoms with Gasteiger partial charge < -0.3 is 11.1 Å². The van der Waals surface area contributed by atoms with Gasteiger partial charge in [-0.1, -0.05) is 37.3 Å². The smallest absolute Gasteiger partial charge is 0.0206 e. The Bertz CT molecular complexity index is 221. The van der Waals surface area contributed by atoms with E-state index in [2.05, 4.69) is 36.5 Å². The molecule has 0 spiro atoms. The second-order valence-corrected chi connectivity index (χ2v) is 3.26. The molecule has 0 radical (unpaired) electrons. The molecule has 0 aromatic heterocycles. The van der Waals surface area contributed by atoms with Crippen molar-refractivity contribution in [1.29, 1.82) is 0 Å². The van der Waals surface area contributed by atoms with Crippen molar-refractivity contribution in [3.63, 3.8) is 0 Å². The minimum atomic E-state index is 0.224. The van der Waals surface area contributed by atoms with E-state index in [1.807, 2.05) is 6.07 Å². The predicted molar refractivity (Wildman–Crippen MR) is 56.7 cm³/mol. The average Bonchev–Trinajstić information content (AvgIpc) is 2.16. The number of rotatable bonds is 5. The van der Waals surface area contributed by atoms with E-state index in [4.69, 9.17) is 5.73 Å². The molecule has 0 saturated carbocycles. The molecule has 1 rings (SSSR count). The van der Waals surface area contributed by atoms with E-state index in [1.165, 1.54) is 5.56 Å². The monoisotopic (exact) mass is 178 g/mol. The molecule has 0 aliphatic carbocycles. The van der Waals surface area contributed by atoms with E-state index in [0.717, 1.165) is 19.5 Å². The molecular weight excluding hydrogens is 160 g/mol. The van der Waals surface area contributed by atoms with Crippen LogP contribution in [0.25, 0.3) is 0 Å². The molecule has 1 aromatic carbocycles. The molecule has 1 unspecified atom stereocenters. The molecule has 0 heterocycles. The summed E-state index contributed by atoms with van der Waals surface area (Å²) in [5.41, 5.74) is 7.24.